The van der Waals surface area contributed by atoms with Crippen LogP contribution >= 0.6 is 0 Å². The number of hydrogen-bond donors (Lipinski definition) is 1. The molecule has 5 nitrogen and oxygen atoms in total. The number of rotatable bonds is 5. The molecule has 1 atom stereocenters. The molecule has 0 spiro atoms. The third-order valence-electron chi connectivity index (χ3n) is 4.48. The average Bonchev–Trinajstić information content (AvgIpc) is 2.67. The minimum absolute atomic E-state index is 0.0337. The molecule has 5 heteroatoms. The number of carbonyl (C=O) groups is 2. The number of aryl methyl sites for hydroxylation is 1. The van der Waals surface area contributed by atoms with E-state index in [-0.39, 0.29) is 17.9 Å². The van der Waals surface area contributed by atoms with Crippen LogP contribution in [-0.4, -0.2) is 40.8 Å². The van der Waals surface area contributed by atoms with E-state index in [2.05, 4.69) is 10.3 Å². The van der Waals surface area contributed by atoms with Crippen LogP contribution in [0.15, 0.2) is 54.9 Å². The van der Waals surface area contributed by atoms with Crippen molar-refractivity contribution >= 4 is 11.8 Å². The van der Waals surface area contributed by atoms with Gasteiger partial charge in [0.25, 0.3) is 5.91 Å². The molecule has 2 aromatic rings. The number of nitrogens with one attached hydrogen (secondary N) is 1. The predicted molar refractivity (Wildman–Crippen MR) is 96.1 cm³/mol. The molecule has 2 amide bonds. The molecular weight excluding hydrogens is 314 g/mol. The molecule has 1 aliphatic rings. The number of pyridine rings is 1. The van der Waals surface area contributed by atoms with Crippen LogP contribution in [0, 0.1) is 0 Å². The Bertz CT molecular complexity index is 703. The number of piperidine rings is 1. The van der Waals surface area contributed by atoms with Gasteiger partial charge in [-0.1, -0.05) is 18.2 Å². The van der Waals surface area contributed by atoms with Crippen molar-refractivity contribution in [2.24, 2.45) is 0 Å². The van der Waals surface area contributed by atoms with Crippen LogP contribution in [0.3, 0.4) is 0 Å². The summed E-state index contributed by atoms with van der Waals surface area (Å²) in [7, 11) is 0. The first-order chi connectivity index (χ1) is 12.2. The van der Waals surface area contributed by atoms with Gasteiger partial charge in [-0.25, -0.2) is 0 Å². The highest BCUT2D eigenvalue weighted by Gasteiger charge is 2.25. The topological polar surface area (TPSA) is 62.3 Å². The van der Waals surface area contributed by atoms with E-state index in [4.69, 9.17) is 0 Å². The largest absolute Gasteiger partial charge is 0.352 e. The SMILES string of the molecule is O=C(CCc1ccncc1)NC1CCCN(C(=O)c2ccccc2)C1. The fourth-order valence-electron chi connectivity index (χ4n) is 3.15. The van der Waals surface area contributed by atoms with Gasteiger partial charge in [-0.3, -0.25) is 14.6 Å². The lowest BCUT2D eigenvalue weighted by Crippen LogP contribution is -2.49. The van der Waals surface area contributed by atoms with Crippen LogP contribution in [0.2, 0.25) is 0 Å². The molecule has 1 saturated heterocycles. The molecule has 1 unspecified atom stereocenters. The molecule has 2 heterocycles. The quantitative estimate of drug-likeness (QED) is 0.911. The van der Waals surface area contributed by atoms with E-state index >= 15 is 0 Å². The van der Waals surface area contributed by atoms with Crippen molar-refractivity contribution in [1.82, 2.24) is 15.2 Å². The van der Waals surface area contributed by atoms with Crippen LogP contribution in [0.4, 0.5) is 0 Å². The third kappa shape index (κ3) is 4.89. The van der Waals surface area contributed by atoms with Crippen LogP contribution in [0.25, 0.3) is 0 Å². The highest BCUT2D eigenvalue weighted by molar-refractivity contribution is 5.94. The molecular formula is C20H23N3O2. The van der Waals surface area contributed by atoms with E-state index in [9.17, 15) is 9.59 Å². The maximum atomic E-state index is 12.5. The lowest BCUT2D eigenvalue weighted by atomic mass is 10.0. The summed E-state index contributed by atoms with van der Waals surface area (Å²) in [5.41, 5.74) is 1.81. The molecule has 1 aromatic heterocycles. The number of nitrogens with zero attached hydrogens (tertiary/aromatic N) is 2. The van der Waals surface area contributed by atoms with Crippen molar-refractivity contribution in [3.05, 3.63) is 66.0 Å². The van der Waals surface area contributed by atoms with E-state index in [1.807, 2.05) is 47.4 Å². The molecule has 0 saturated carbocycles. The highest BCUT2D eigenvalue weighted by atomic mass is 16.2. The van der Waals surface area contributed by atoms with Gasteiger partial charge in [0, 0.05) is 43.5 Å². The zero-order valence-corrected chi connectivity index (χ0v) is 14.2. The van der Waals surface area contributed by atoms with Gasteiger partial charge < -0.3 is 10.2 Å². The number of benzene rings is 1. The number of likely N-dealkylation sites (tertiary alicyclic amines) is 1. The molecule has 1 aromatic carbocycles. The first kappa shape index (κ1) is 17.1. The van der Waals surface area contributed by atoms with Crippen molar-refractivity contribution < 1.29 is 9.59 Å². The Hall–Kier alpha value is -2.69. The van der Waals surface area contributed by atoms with E-state index in [1.165, 1.54) is 0 Å². The summed E-state index contributed by atoms with van der Waals surface area (Å²) in [6.45, 7) is 1.33. The zero-order chi connectivity index (χ0) is 17.5. The molecule has 1 N–H and O–H groups in total. The van der Waals surface area contributed by atoms with Crippen LogP contribution in [0.5, 0.6) is 0 Å². The Morgan fingerprint density at radius 1 is 1.12 bits per heavy atom. The van der Waals surface area contributed by atoms with Gasteiger partial charge in [-0.15, -0.1) is 0 Å². The monoisotopic (exact) mass is 337 g/mol. The molecule has 1 fully saturated rings. The summed E-state index contributed by atoms with van der Waals surface area (Å²) >= 11 is 0. The number of aromatic nitrogens is 1. The second-order valence-electron chi connectivity index (χ2n) is 6.38. The smallest absolute Gasteiger partial charge is 0.253 e. The van der Waals surface area contributed by atoms with Gasteiger partial charge >= 0.3 is 0 Å². The maximum absolute atomic E-state index is 12.5. The molecule has 0 bridgehead atoms. The van der Waals surface area contributed by atoms with E-state index in [0.717, 1.165) is 24.9 Å². The summed E-state index contributed by atoms with van der Waals surface area (Å²) in [5, 5.41) is 3.08. The van der Waals surface area contributed by atoms with Crippen LogP contribution in [-0.2, 0) is 11.2 Å². The Labute approximate surface area is 148 Å². The first-order valence-electron chi connectivity index (χ1n) is 8.75. The number of carbonyl (C=O) groups excluding carboxylic acids is 2. The average molecular weight is 337 g/mol. The summed E-state index contributed by atoms with van der Waals surface area (Å²) in [4.78, 5) is 30.6. The zero-order valence-electron chi connectivity index (χ0n) is 14.2. The lowest BCUT2D eigenvalue weighted by molar-refractivity contribution is -0.122. The normalized spacial score (nSPS) is 17.1. The van der Waals surface area contributed by atoms with Gasteiger partial charge in [-0.2, -0.15) is 0 Å². The molecule has 0 radical (unpaired) electrons. The fraction of sp³-hybridized carbons (Fsp3) is 0.350. The van der Waals surface area contributed by atoms with Gasteiger partial charge in [0.05, 0.1) is 0 Å². The maximum Gasteiger partial charge on any atom is 0.253 e. The Morgan fingerprint density at radius 3 is 2.64 bits per heavy atom. The van der Waals surface area contributed by atoms with E-state index in [1.54, 1.807) is 12.4 Å². The van der Waals surface area contributed by atoms with Crippen molar-refractivity contribution in [3.8, 4) is 0 Å². The van der Waals surface area contributed by atoms with Gasteiger partial charge in [0.2, 0.25) is 5.91 Å². The Morgan fingerprint density at radius 2 is 1.88 bits per heavy atom. The standard InChI is InChI=1S/C20H23N3O2/c24-19(9-8-16-10-12-21-13-11-16)22-18-7-4-14-23(15-18)20(25)17-5-2-1-3-6-17/h1-3,5-6,10-13,18H,4,7-9,14-15H2,(H,22,24). The number of amides is 2. The van der Waals surface area contributed by atoms with Crippen molar-refractivity contribution in [2.75, 3.05) is 13.1 Å². The van der Waals surface area contributed by atoms with E-state index < -0.39 is 0 Å². The van der Waals surface area contributed by atoms with Crippen molar-refractivity contribution in [2.45, 2.75) is 31.7 Å². The molecule has 130 valence electrons. The molecule has 3 rings (SSSR count). The lowest BCUT2D eigenvalue weighted by Gasteiger charge is -2.33. The van der Waals surface area contributed by atoms with Gasteiger partial charge in [-0.05, 0) is 49.1 Å². The Balaban J connectivity index is 1.49. The summed E-state index contributed by atoms with van der Waals surface area (Å²) in [5.74, 6) is 0.0761. The molecule has 1 aliphatic heterocycles. The highest BCUT2D eigenvalue weighted by Crippen LogP contribution is 2.14. The van der Waals surface area contributed by atoms with Crippen molar-refractivity contribution in [3.63, 3.8) is 0 Å². The molecule has 0 aliphatic carbocycles. The van der Waals surface area contributed by atoms with Gasteiger partial charge in [0.15, 0.2) is 0 Å². The first-order valence-corrected chi connectivity index (χ1v) is 8.75. The summed E-state index contributed by atoms with van der Waals surface area (Å²) in [6, 6.07) is 13.2. The second kappa shape index (κ2) is 8.42. The summed E-state index contributed by atoms with van der Waals surface area (Å²) < 4.78 is 0. The number of hydrogen-bond acceptors (Lipinski definition) is 3. The van der Waals surface area contributed by atoms with Crippen LogP contribution in [0.1, 0.15) is 35.2 Å². The third-order valence-corrected chi connectivity index (χ3v) is 4.48. The fourth-order valence-corrected chi connectivity index (χ4v) is 3.15. The minimum atomic E-state index is 0.0337. The second-order valence-corrected chi connectivity index (χ2v) is 6.38. The Kier molecular flexibility index (Phi) is 5.77. The van der Waals surface area contributed by atoms with Crippen LogP contribution < -0.4 is 5.32 Å². The van der Waals surface area contributed by atoms with Gasteiger partial charge in [0.1, 0.15) is 0 Å². The molecule has 25 heavy (non-hydrogen) atoms. The minimum Gasteiger partial charge on any atom is -0.352 e. The predicted octanol–water partition coefficient (Wildman–Crippen LogP) is 2.44. The van der Waals surface area contributed by atoms with Crippen molar-refractivity contribution in [1.29, 1.82) is 0 Å². The van der Waals surface area contributed by atoms with E-state index in [0.29, 0.717) is 24.9 Å². The summed E-state index contributed by atoms with van der Waals surface area (Å²) in [6.07, 6.45) is 6.46.